The first-order valence-corrected chi connectivity index (χ1v) is 38.9. The molecule has 0 radical (unpaired) electrons. The summed E-state index contributed by atoms with van der Waals surface area (Å²) in [5.41, 5.74) is 0. The number of unbranched alkanes of at least 4 members (excludes halogenated alkanes) is 25. The van der Waals surface area contributed by atoms with E-state index >= 15 is 0 Å². The van der Waals surface area contributed by atoms with Crippen LogP contribution in [0.15, 0.2) is 182 Å². The number of aliphatic carboxylic acids is 1. The van der Waals surface area contributed by atoms with Crippen molar-refractivity contribution in [2.24, 2.45) is 0 Å². The van der Waals surface area contributed by atoms with E-state index in [9.17, 15) is 19.5 Å². The molecule has 0 heterocycles. The number of likely N-dealkylation sites (N-methyl/N-ethyl adjacent to an activating group) is 1. The normalized spacial score (nSPS) is 13.7. The fraction of sp³-hybridized carbons (Fsp3) is 0.625. The van der Waals surface area contributed by atoms with Crippen LogP contribution in [0.4, 0.5) is 0 Å². The van der Waals surface area contributed by atoms with Gasteiger partial charge in [0.05, 0.1) is 40.3 Å². The van der Waals surface area contributed by atoms with Crippen molar-refractivity contribution >= 4 is 17.9 Å². The molecule has 0 spiro atoms. The number of allylic oxidation sites excluding steroid dienone is 30. The van der Waals surface area contributed by atoms with Crippen molar-refractivity contribution in [2.75, 3.05) is 47.5 Å². The minimum absolute atomic E-state index is 0.139. The molecule has 0 amide bonds. The van der Waals surface area contributed by atoms with Crippen LogP contribution in [0, 0.1) is 0 Å². The largest absolute Gasteiger partial charge is 0.545 e. The smallest absolute Gasteiger partial charge is 0.306 e. The first-order valence-electron chi connectivity index (χ1n) is 38.9. The highest BCUT2D eigenvalue weighted by Crippen LogP contribution is 2.17. The lowest BCUT2D eigenvalue weighted by molar-refractivity contribution is -0.870. The summed E-state index contributed by atoms with van der Waals surface area (Å²) in [6, 6.07) is 0. The molecular formula is C88H143NO8. The molecule has 0 aromatic carbocycles. The van der Waals surface area contributed by atoms with Crippen molar-refractivity contribution in [3.8, 4) is 0 Å². The van der Waals surface area contributed by atoms with E-state index in [4.69, 9.17) is 18.9 Å². The van der Waals surface area contributed by atoms with Gasteiger partial charge in [0.25, 0.3) is 0 Å². The molecule has 0 rings (SSSR count). The second-order valence-corrected chi connectivity index (χ2v) is 26.5. The maximum atomic E-state index is 13.0. The number of carbonyl (C=O) groups is 3. The highest BCUT2D eigenvalue weighted by Gasteiger charge is 2.22. The molecule has 9 heteroatoms. The Labute approximate surface area is 596 Å². The second kappa shape index (κ2) is 76.1. The number of quaternary nitrogens is 1. The van der Waals surface area contributed by atoms with Crippen molar-refractivity contribution in [1.82, 2.24) is 0 Å². The number of ether oxygens (including phenoxy) is 4. The number of carboxylic acids is 1. The van der Waals surface area contributed by atoms with E-state index in [0.717, 1.165) is 141 Å². The Balaban J connectivity index is 4.12. The Hall–Kier alpha value is -5.61. The topological polar surface area (TPSA) is 111 Å². The maximum absolute atomic E-state index is 13.0. The van der Waals surface area contributed by atoms with E-state index in [1.54, 1.807) is 0 Å². The van der Waals surface area contributed by atoms with Crippen molar-refractivity contribution in [3.63, 3.8) is 0 Å². The van der Waals surface area contributed by atoms with Crippen LogP contribution >= 0.6 is 0 Å². The third-order valence-electron chi connectivity index (χ3n) is 16.1. The first kappa shape index (κ1) is 91.4. The van der Waals surface area contributed by atoms with Crippen molar-refractivity contribution in [1.29, 1.82) is 0 Å². The number of rotatable bonds is 70. The molecule has 97 heavy (non-hydrogen) atoms. The van der Waals surface area contributed by atoms with Crippen molar-refractivity contribution in [3.05, 3.63) is 182 Å². The van der Waals surface area contributed by atoms with Gasteiger partial charge in [-0.2, -0.15) is 0 Å². The van der Waals surface area contributed by atoms with Crippen LogP contribution in [0.2, 0.25) is 0 Å². The second-order valence-electron chi connectivity index (χ2n) is 26.5. The molecule has 2 atom stereocenters. The Bertz CT molecular complexity index is 2260. The Morgan fingerprint density at radius 1 is 0.309 bits per heavy atom. The molecule has 0 fully saturated rings. The van der Waals surface area contributed by atoms with Gasteiger partial charge in [-0.25, -0.2) is 0 Å². The molecular weight excluding hydrogens is 1200 g/mol. The standard InChI is InChI=1S/C88H143NO8/c1-6-8-10-12-14-16-18-20-22-24-26-28-30-32-34-36-38-40-41-42-43-44-45-47-49-51-53-55-57-59-61-63-65-67-69-71-73-75-77-79-86(91)97-84(83-96-88(87(92)93)94-81-80-89(3,4)5)82-95-85(90)78-76-74-72-70-68-66-64-62-60-58-56-54-52-50-48-46-39-37-35-33-31-29-27-25-23-21-19-17-15-13-11-9-7-2/h8-11,14-17,20-23,26-29,32-35,38-40,42-43,45-47,51,53,84,88H,6-7,12-13,18-19,24-25,30-31,36-37,41,44,48-50,52,54-83H2,1-5H3/b10-8-,11-9-,16-14-,17-15-,22-20-,23-21-,28-26-,29-27-,34-32-,35-33-,40-38-,43-42-,46-39-,47-45-,53-51-. The average Bonchev–Trinajstić information content (AvgIpc) is 2.39. The van der Waals surface area contributed by atoms with E-state index in [1.165, 1.54) is 122 Å². The Morgan fingerprint density at radius 3 is 0.825 bits per heavy atom. The molecule has 2 unspecified atom stereocenters. The fourth-order valence-electron chi connectivity index (χ4n) is 10.3. The van der Waals surface area contributed by atoms with Crippen LogP contribution in [-0.4, -0.2) is 82.3 Å². The van der Waals surface area contributed by atoms with E-state index in [-0.39, 0.29) is 38.6 Å². The molecule has 0 saturated heterocycles. The number of carbonyl (C=O) groups excluding carboxylic acids is 3. The van der Waals surface area contributed by atoms with E-state index < -0.39 is 24.3 Å². The summed E-state index contributed by atoms with van der Waals surface area (Å²) in [7, 11) is 5.93. The number of esters is 2. The molecule has 0 aromatic rings. The summed E-state index contributed by atoms with van der Waals surface area (Å²) in [5, 5.41) is 11.9. The minimum atomic E-state index is -1.63. The predicted octanol–water partition coefficient (Wildman–Crippen LogP) is 23.8. The SMILES string of the molecule is CC/C=C\C/C=C\C/C=C\C/C=C\C/C=C\C/C=C\C/C=C\C/C=C\C/C=C\CCCCCCCCCCCCCC(=O)OC(COC(=O)CCCCCCCCCCCCCCCC/C=C\C/C=C\C/C=C\C/C=C\C/C=C\C/C=C\CC)COC(OCC[N+](C)(C)C)C(=O)[O-]. The Kier molecular flexibility index (Phi) is 71.7. The summed E-state index contributed by atoms with van der Waals surface area (Å²) >= 11 is 0. The average molecular weight is 1340 g/mol. The van der Waals surface area contributed by atoms with Gasteiger partial charge in [0.2, 0.25) is 0 Å². The monoisotopic (exact) mass is 1340 g/mol. The van der Waals surface area contributed by atoms with Gasteiger partial charge in [-0.15, -0.1) is 0 Å². The molecule has 0 aromatic heterocycles. The predicted molar refractivity (Wildman–Crippen MR) is 416 cm³/mol. The highest BCUT2D eigenvalue weighted by atomic mass is 16.7. The summed E-state index contributed by atoms with van der Waals surface area (Å²) in [4.78, 5) is 37.6. The van der Waals surface area contributed by atoms with Gasteiger partial charge in [-0.3, -0.25) is 9.59 Å². The van der Waals surface area contributed by atoms with Crippen LogP contribution in [-0.2, 0) is 33.3 Å². The zero-order valence-electron chi connectivity index (χ0n) is 62.6. The third-order valence-corrected chi connectivity index (χ3v) is 16.1. The van der Waals surface area contributed by atoms with Crippen molar-refractivity contribution < 1.29 is 42.9 Å². The zero-order valence-corrected chi connectivity index (χ0v) is 62.6. The van der Waals surface area contributed by atoms with E-state index in [2.05, 4.69) is 196 Å². The number of carboxylic acid groups (broad SMARTS) is 1. The molecule has 548 valence electrons. The lowest BCUT2D eigenvalue weighted by Gasteiger charge is -2.26. The van der Waals surface area contributed by atoms with E-state index in [1.807, 2.05) is 21.1 Å². The molecule has 0 aliphatic heterocycles. The van der Waals surface area contributed by atoms with Crippen LogP contribution < -0.4 is 5.11 Å². The molecule has 0 bridgehead atoms. The number of hydrogen-bond donors (Lipinski definition) is 0. The van der Waals surface area contributed by atoms with E-state index in [0.29, 0.717) is 17.4 Å². The van der Waals surface area contributed by atoms with Gasteiger partial charge in [0, 0.05) is 12.8 Å². The third kappa shape index (κ3) is 77.6. The quantitative estimate of drug-likeness (QED) is 0.0195. The zero-order chi connectivity index (χ0) is 70.4. The molecule has 9 nitrogen and oxygen atoms in total. The van der Waals surface area contributed by atoms with Gasteiger partial charge in [0.1, 0.15) is 13.2 Å². The summed E-state index contributed by atoms with van der Waals surface area (Å²) in [5.74, 6) is -2.29. The van der Waals surface area contributed by atoms with Crippen molar-refractivity contribution in [2.45, 2.75) is 309 Å². The van der Waals surface area contributed by atoms with Crippen LogP contribution in [0.1, 0.15) is 296 Å². The Morgan fingerprint density at radius 2 is 0.557 bits per heavy atom. The molecule has 0 N–H and O–H groups in total. The first-order chi connectivity index (χ1) is 47.6. The minimum Gasteiger partial charge on any atom is -0.545 e. The summed E-state index contributed by atoms with van der Waals surface area (Å²) in [6.07, 6.45) is 113. The lowest BCUT2D eigenvalue weighted by atomic mass is 10.0. The van der Waals surface area contributed by atoms with Gasteiger partial charge < -0.3 is 33.3 Å². The van der Waals surface area contributed by atoms with Gasteiger partial charge in [-0.05, 0) is 135 Å². The molecule has 0 saturated carbocycles. The van der Waals surface area contributed by atoms with Crippen LogP contribution in [0.5, 0.6) is 0 Å². The summed E-state index contributed by atoms with van der Waals surface area (Å²) < 4.78 is 22.8. The lowest BCUT2D eigenvalue weighted by Crippen LogP contribution is -2.44. The summed E-state index contributed by atoms with van der Waals surface area (Å²) in [6.45, 7) is 4.52. The van der Waals surface area contributed by atoms with Crippen LogP contribution in [0.25, 0.3) is 0 Å². The highest BCUT2D eigenvalue weighted by molar-refractivity contribution is 5.70. The molecule has 0 aliphatic carbocycles. The molecule has 0 aliphatic rings. The van der Waals surface area contributed by atoms with Gasteiger partial charge >= 0.3 is 11.9 Å². The maximum Gasteiger partial charge on any atom is 0.306 e. The van der Waals surface area contributed by atoms with Crippen LogP contribution in [0.3, 0.4) is 0 Å². The number of hydrogen-bond acceptors (Lipinski definition) is 8. The fourth-order valence-corrected chi connectivity index (χ4v) is 10.3. The van der Waals surface area contributed by atoms with Gasteiger partial charge in [0.15, 0.2) is 12.4 Å². The number of nitrogens with zero attached hydrogens (tertiary/aromatic N) is 1. The van der Waals surface area contributed by atoms with Gasteiger partial charge in [-0.1, -0.05) is 331 Å².